The molecule has 0 radical (unpaired) electrons. The number of aldehydes is 1. The van der Waals surface area contributed by atoms with Gasteiger partial charge in [-0.1, -0.05) is 6.07 Å². The third-order valence-electron chi connectivity index (χ3n) is 6.36. The first-order chi connectivity index (χ1) is 16.1. The number of phenols is 1. The summed E-state index contributed by atoms with van der Waals surface area (Å²) in [7, 11) is 0. The molecule has 2 N–H and O–H groups in total. The van der Waals surface area contributed by atoms with E-state index in [-0.39, 0.29) is 22.6 Å². The number of alkyl carbamates (subject to hydrolysis) is 1. The van der Waals surface area contributed by atoms with Crippen molar-refractivity contribution in [3.63, 3.8) is 0 Å². The predicted octanol–water partition coefficient (Wildman–Crippen LogP) is 3.80. The molecule has 34 heavy (non-hydrogen) atoms. The number of carbonyl (C=O) groups is 3. The van der Waals surface area contributed by atoms with Crippen LogP contribution in [0.2, 0.25) is 0 Å². The van der Waals surface area contributed by atoms with Crippen LogP contribution < -0.4 is 10.1 Å². The summed E-state index contributed by atoms with van der Waals surface area (Å²) < 4.78 is 11.3. The van der Waals surface area contributed by atoms with Gasteiger partial charge >= 0.3 is 6.09 Å². The maximum absolute atomic E-state index is 13.0. The van der Waals surface area contributed by atoms with Crippen molar-refractivity contribution in [2.75, 3.05) is 19.7 Å². The van der Waals surface area contributed by atoms with Crippen molar-refractivity contribution in [2.24, 2.45) is 0 Å². The van der Waals surface area contributed by atoms with Gasteiger partial charge in [-0.15, -0.1) is 0 Å². The Kier molecular flexibility index (Phi) is 6.25. The summed E-state index contributed by atoms with van der Waals surface area (Å²) in [5, 5.41) is 12.5. The Hall–Kier alpha value is -3.55. The molecule has 0 saturated carbocycles. The molecule has 0 atom stereocenters. The van der Waals surface area contributed by atoms with Gasteiger partial charge in [-0.05, 0) is 69.5 Å². The van der Waals surface area contributed by atoms with E-state index in [4.69, 9.17) is 9.47 Å². The lowest BCUT2D eigenvalue weighted by molar-refractivity contribution is 0.0523. The van der Waals surface area contributed by atoms with E-state index >= 15 is 0 Å². The molecule has 0 bridgehead atoms. The number of fused-ring (bicyclic) bond motifs is 2. The van der Waals surface area contributed by atoms with Gasteiger partial charge in [-0.2, -0.15) is 0 Å². The van der Waals surface area contributed by atoms with Gasteiger partial charge in [-0.3, -0.25) is 9.59 Å². The molecule has 2 aliphatic heterocycles. The Morgan fingerprint density at radius 3 is 2.59 bits per heavy atom. The van der Waals surface area contributed by atoms with Gasteiger partial charge in [0.15, 0.2) is 6.29 Å². The number of carbonyl (C=O) groups excluding carboxylic acids is 3. The zero-order valence-corrected chi connectivity index (χ0v) is 19.7. The van der Waals surface area contributed by atoms with Crippen molar-refractivity contribution in [2.45, 2.75) is 51.2 Å². The second-order valence-corrected chi connectivity index (χ2v) is 9.94. The summed E-state index contributed by atoms with van der Waals surface area (Å²) in [4.78, 5) is 37.9. The first-order valence-corrected chi connectivity index (χ1v) is 11.4. The minimum atomic E-state index is -0.555. The van der Waals surface area contributed by atoms with E-state index in [0.29, 0.717) is 38.1 Å². The third kappa shape index (κ3) is 4.85. The largest absolute Gasteiger partial charge is 0.507 e. The van der Waals surface area contributed by atoms with Gasteiger partial charge in [0.05, 0.1) is 12.2 Å². The van der Waals surface area contributed by atoms with Crippen LogP contribution in [0.3, 0.4) is 0 Å². The molecule has 0 aromatic heterocycles. The molecule has 2 aliphatic rings. The predicted molar refractivity (Wildman–Crippen MR) is 125 cm³/mol. The zero-order chi connectivity index (χ0) is 24.5. The van der Waals surface area contributed by atoms with Crippen molar-refractivity contribution < 1.29 is 29.0 Å². The van der Waals surface area contributed by atoms with Crippen molar-refractivity contribution in [1.82, 2.24) is 10.2 Å². The van der Waals surface area contributed by atoms with Crippen LogP contribution in [-0.2, 0) is 16.7 Å². The summed E-state index contributed by atoms with van der Waals surface area (Å²) in [6.45, 7) is 7.48. The first kappa shape index (κ1) is 23.6. The van der Waals surface area contributed by atoms with E-state index in [0.717, 1.165) is 29.7 Å². The number of rotatable bonds is 4. The first-order valence-electron chi connectivity index (χ1n) is 11.4. The minimum absolute atomic E-state index is 0.102. The number of benzene rings is 2. The van der Waals surface area contributed by atoms with Crippen LogP contribution in [0.4, 0.5) is 4.79 Å². The Morgan fingerprint density at radius 2 is 1.91 bits per heavy atom. The number of piperidine rings is 1. The monoisotopic (exact) mass is 466 g/mol. The number of amides is 2. The van der Waals surface area contributed by atoms with Crippen LogP contribution in [0.5, 0.6) is 11.5 Å². The van der Waals surface area contributed by atoms with Gasteiger partial charge in [-0.25, -0.2) is 4.79 Å². The molecule has 1 saturated heterocycles. The molecule has 2 heterocycles. The molecular weight excluding hydrogens is 436 g/mol. The fourth-order valence-corrected chi connectivity index (χ4v) is 4.53. The Labute approximate surface area is 198 Å². The van der Waals surface area contributed by atoms with Crippen molar-refractivity contribution in [3.05, 3.63) is 58.7 Å². The number of ether oxygens (including phenoxy) is 2. The minimum Gasteiger partial charge on any atom is -0.507 e. The number of hydrogen-bond acceptors (Lipinski definition) is 6. The summed E-state index contributed by atoms with van der Waals surface area (Å²) in [5.41, 5.74) is 1.81. The molecule has 0 unspecified atom stereocenters. The van der Waals surface area contributed by atoms with E-state index in [1.807, 2.05) is 32.9 Å². The fraction of sp³-hybridized carbons (Fsp3) is 0.423. The van der Waals surface area contributed by atoms with Crippen LogP contribution in [-0.4, -0.2) is 53.6 Å². The van der Waals surface area contributed by atoms with Crippen LogP contribution in [0.15, 0.2) is 36.4 Å². The number of phenolic OH excluding ortho intramolecular Hbond substituents is 1. The van der Waals surface area contributed by atoms with Crippen LogP contribution in [0, 0.1) is 0 Å². The molecule has 2 amide bonds. The SMILES string of the molecule is CC(C)(C)OC(=O)NCc1ccc2c(c1)C1(CCN(C(=O)c3ccc(O)c(C=O)c3)CC1)CO2. The fourth-order valence-electron chi connectivity index (χ4n) is 4.53. The Balaban J connectivity index is 1.43. The highest BCUT2D eigenvalue weighted by Crippen LogP contribution is 2.46. The lowest BCUT2D eigenvalue weighted by Crippen LogP contribution is -2.46. The summed E-state index contributed by atoms with van der Waals surface area (Å²) in [5.74, 6) is 0.545. The normalized spacial score (nSPS) is 16.5. The third-order valence-corrected chi connectivity index (χ3v) is 6.36. The standard InChI is InChI=1S/C26H30N2O6/c1-25(2,3)34-24(32)27-14-17-4-7-22-20(12-17)26(16-33-22)8-10-28(11-9-26)23(31)18-5-6-21(30)19(13-18)15-29/h4-7,12-13,15,30H,8-11,14,16H2,1-3H3,(H,27,32). The average Bonchev–Trinajstić information content (AvgIpc) is 3.14. The molecule has 1 spiro atoms. The van der Waals surface area contributed by atoms with E-state index < -0.39 is 11.7 Å². The quantitative estimate of drug-likeness (QED) is 0.664. The number of aromatic hydroxyl groups is 1. The molecule has 8 heteroatoms. The molecule has 4 rings (SSSR count). The van der Waals surface area contributed by atoms with E-state index in [2.05, 4.69) is 11.4 Å². The molecule has 0 aliphatic carbocycles. The van der Waals surface area contributed by atoms with Crippen molar-refractivity contribution in [1.29, 1.82) is 0 Å². The lowest BCUT2D eigenvalue weighted by Gasteiger charge is -2.38. The highest BCUT2D eigenvalue weighted by Gasteiger charge is 2.44. The maximum atomic E-state index is 13.0. The van der Waals surface area contributed by atoms with Crippen LogP contribution in [0.25, 0.3) is 0 Å². The maximum Gasteiger partial charge on any atom is 0.407 e. The smallest absolute Gasteiger partial charge is 0.407 e. The molecule has 2 aromatic rings. The highest BCUT2D eigenvalue weighted by atomic mass is 16.6. The Bertz CT molecular complexity index is 1110. The topological polar surface area (TPSA) is 105 Å². The summed E-state index contributed by atoms with van der Waals surface area (Å²) in [6.07, 6.45) is 1.57. The summed E-state index contributed by atoms with van der Waals surface area (Å²) >= 11 is 0. The van der Waals surface area contributed by atoms with Gasteiger partial charge in [0.1, 0.15) is 17.1 Å². The van der Waals surface area contributed by atoms with Crippen molar-refractivity contribution in [3.8, 4) is 11.5 Å². The number of nitrogens with one attached hydrogen (secondary N) is 1. The number of nitrogens with zero attached hydrogens (tertiary/aromatic N) is 1. The van der Waals surface area contributed by atoms with Gasteiger partial charge in [0, 0.05) is 36.2 Å². The lowest BCUT2D eigenvalue weighted by atomic mass is 9.74. The van der Waals surface area contributed by atoms with Crippen LogP contribution in [0.1, 0.15) is 65.5 Å². The van der Waals surface area contributed by atoms with Gasteiger partial charge in [0.2, 0.25) is 0 Å². The van der Waals surface area contributed by atoms with Gasteiger partial charge < -0.3 is 24.8 Å². The van der Waals surface area contributed by atoms with Crippen LogP contribution >= 0.6 is 0 Å². The van der Waals surface area contributed by atoms with Gasteiger partial charge in [0.25, 0.3) is 5.91 Å². The zero-order valence-electron chi connectivity index (χ0n) is 19.7. The molecule has 180 valence electrons. The summed E-state index contributed by atoms with van der Waals surface area (Å²) in [6, 6.07) is 10.3. The molecule has 8 nitrogen and oxygen atoms in total. The second-order valence-electron chi connectivity index (χ2n) is 9.94. The molecule has 1 fully saturated rings. The second kappa shape index (κ2) is 9.00. The van der Waals surface area contributed by atoms with E-state index in [9.17, 15) is 19.5 Å². The molecule has 2 aromatic carbocycles. The highest BCUT2D eigenvalue weighted by molar-refractivity contribution is 5.96. The van der Waals surface area contributed by atoms with E-state index in [1.54, 1.807) is 4.90 Å². The molecular formula is C26H30N2O6. The van der Waals surface area contributed by atoms with E-state index in [1.165, 1.54) is 18.2 Å². The number of hydrogen-bond donors (Lipinski definition) is 2. The van der Waals surface area contributed by atoms with Crippen molar-refractivity contribution >= 4 is 18.3 Å². The average molecular weight is 467 g/mol. The number of likely N-dealkylation sites (tertiary alicyclic amines) is 1. The Morgan fingerprint density at radius 1 is 1.18 bits per heavy atom.